The molecule has 2 heterocycles. The zero-order valence-electron chi connectivity index (χ0n) is 41.4. The van der Waals surface area contributed by atoms with Crippen LogP contribution in [0, 0.1) is 5.41 Å². The van der Waals surface area contributed by atoms with Crippen LogP contribution in [0.5, 0.6) is 0 Å². The fourth-order valence-electron chi connectivity index (χ4n) is 6.14. The predicted molar refractivity (Wildman–Crippen MR) is 348 cm³/mol. The zero-order valence-corrected chi connectivity index (χ0v) is 55.5. The van der Waals surface area contributed by atoms with Crippen LogP contribution < -0.4 is 33.6 Å². The predicted octanol–water partition coefficient (Wildman–Crippen LogP) is 15.5. The number of nitrogens with one attached hydrogen (secondary N) is 3. The zero-order chi connectivity index (χ0) is 58.3. The number of carbonyl (C=O) groups is 3. The molecule has 27 heteroatoms. The molecule has 0 spiro atoms. The molecular weight excluding hydrogens is 1490 g/mol. The number of nitrogens with two attached hydrogens (primary N) is 4. The summed E-state index contributed by atoms with van der Waals surface area (Å²) in [6.07, 6.45) is 2.56. The van der Waals surface area contributed by atoms with E-state index in [2.05, 4.69) is 82.1 Å². The quantitative estimate of drug-likeness (QED) is 0.0210. The molecular formula is C52H53Br4Cl8N7O6S2. The Morgan fingerprint density at radius 1 is 0.646 bits per heavy atom. The molecule has 79 heavy (non-hydrogen) atoms. The van der Waals surface area contributed by atoms with E-state index in [1.807, 2.05) is 24.3 Å². The molecule has 8 rings (SSSR count). The molecule has 0 radical (unpaired) electrons. The van der Waals surface area contributed by atoms with Gasteiger partial charge in [0.15, 0.2) is 10.3 Å². The Kier molecular flexibility index (Phi) is 38.9. The minimum atomic E-state index is -0.266. The van der Waals surface area contributed by atoms with Crippen molar-refractivity contribution < 1.29 is 29.0 Å². The van der Waals surface area contributed by atoms with Gasteiger partial charge in [-0.05, 0) is 144 Å². The fraction of sp³-hybridized carbons (Fsp3) is 0.212. The third-order valence-electron chi connectivity index (χ3n) is 9.79. The monoisotopic (exact) mass is 1530 g/mol. The highest BCUT2D eigenvalue weighted by Gasteiger charge is 2.20. The lowest BCUT2D eigenvalue weighted by Crippen LogP contribution is -2.24. The molecule has 12 N–H and O–H groups in total. The van der Waals surface area contributed by atoms with Gasteiger partial charge in [0.25, 0.3) is 11.8 Å². The van der Waals surface area contributed by atoms with Crippen molar-refractivity contribution >= 4 is 210 Å². The Bertz CT molecular complexity index is 2950. The summed E-state index contributed by atoms with van der Waals surface area (Å²) in [6, 6.07) is 31.6. The minimum Gasteiger partial charge on any atom is -0.457 e. The number of thiocarbonyl (C=S) groups is 1. The summed E-state index contributed by atoms with van der Waals surface area (Å²) in [5.74, 6) is -0.253. The lowest BCUT2D eigenvalue weighted by atomic mass is 10.1. The molecule has 6 aromatic carbocycles. The summed E-state index contributed by atoms with van der Waals surface area (Å²) >= 11 is 60.1. The number of benzene rings is 6. The normalized spacial score (nSPS) is 11.3. The van der Waals surface area contributed by atoms with Crippen molar-refractivity contribution in [3.05, 3.63) is 203 Å². The van der Waals surface area contributed by atoms with Gasteiger partial charge < -0.3 is 48.1 Å². The fourth-order valence-corrected chi connectivity index (χ4v) is 9.36. The first-order valence-electron chi connectivity index (χ1n) is 22.5. The average molecular weight is 1540 g/mol. The van der Waals surface area contributed by atoms with Crippen LogP contribution in [0.3, 0.4) is 0 Å². The molecule has 2 aliphatic rings. The molecule has 0 saturated carbocycles. The SMILES string of the molecule is Br.C1CCOC1.ClCCl.N=C(N)SCc1cc(Br)ccc1C(=O)NCc1ccc(Cl)cc1Cl.NC(N)=S.NCc1ccc(Cl)cc1Cl.O=C(NCc1ccc(Cl)cc1Cl)c1ccc(Br)cc1CO.O=C1OCc2cc(Br)ccc21. The molecule has 1 fully saturated rings. The van der Waals surface area contributed by atoms with E-state index in [0.29, 0.717) is 77.8 Å². The van der Waals surface area contributed by atoms with Gasteiger partial charge in [-0.15, -0.1) is 40.2 Å². The van der Waals surface area contributed by atoms with Crippen molar-refractivity contribution in [1.29, 1.82) is 5.41 Å². The molecule has 13 nitrogen and oxygen atoms in total. The van der Waals surface area contributed by atoms with E-state index in [1.54, 1.807) is 84.9 Å². The highest BCUT2D eigenvalue weighted by Crippen LogP contribution is 2.26. The van der Waals surface area contributed by atoms with Crippen molar-refractivity contribution in [3.63, 3.8) is 0 Å². The molecule has 0 aliphatic carbocycles. The van der Waals surface area contributed by atoms with E-state index in [-0.39, 0.29) is 63.5 Å². The third kappa shape index (κ3) is 30.0. The summed E-state index contributed by atoms with van der Waals surface area (Å²) in [6.45, 7) is 3.24. The van der Waals surface area contributed by atoms with Crippen LogP contribution in [0.2, 0.25) is 30.1 Å². The molecule has 1 saturated heterocycles. The second-order valence-electron chi connectivity index (χ2n) is 15.4. The Balaban J connectivity index is 0.000000509. The number of hydrogen-bond acceptors (Lipinski definition) is 10. The topological polar surface area (TPSA) is 242 Å². The van der Waals surface area contributed by atoms with Crippen LogP contribution in [0.1, 0.15) is 77.3 Å². The van der Waals surface area contributed by atoms with Gasteiger partial charge in [-0.2, -0.15) is 0 Å². The highest BCUT2D eigenvalue weighted by molar-refractivity contribution is 9.11. The number of cyclic esters (lactones) is 1. The number of amidine groups is 1. The van der Waals surface area contributed by atoms with E-state index >= 15 is 0 Å². The second-order valence-corrected chi connectivity index (χ2v) is 23.0. The van der Waals surface area contributed by atoms with Gasteiger partial charge in [-0.25, -0.2) is 4.79 Å². The van der Waals surface area contributed by atoms with Crippen molar-refractivity contribution in [1.82, 2.24) is 10.6 Å². The molecule has 0 aromatic heterocycles. The van der Waals surface area contributed by atoms with E-state index in [1.165, 1.54) is 24.6 Å². The summed E-state index contributed by atoms with van der Waals surface area (Å²) < 4.78 is 12.4. The minimum absolute atomic E-state index is 0. The van der Waals surface area contributed by atoms with Crippen molar-refractivity contribution in [3.8, 4) is 0 Å². The number of aliphatic hydroxyl groups is 1. The van der Waals surface area contributed by atoms with Crippen molar-refractivity contribution in [2.75, 3.05) is 18.6 Å². The number of esters is 1. The number of halogens is 12. The number of carbonyl (C=O) groups excluding carboxylic acids is 3. The number of fused-ring (bicyclic) bond motifs is 1. The average Bonchev–Trinajstić information content (AvgIpc) is 4.10. The summed E-state index contributed by atoms with van der Waals surface area (Å²) in [5, 5.41) is 25.8. The van der Waals surface area contributed by atoms with E-state index < -0.39 is 0 Å². The van der Waals surface area contributed by atoms with Gasteiger partial charge >= 0.3 is 5.97 Å². The Labute approximate surface area is 544 Å². The number of ether oxygens (including phenoxy) is 2. The maximum atomic E-state index is 12.5. The highest BCUT2D eigenvalue weighted by atomic mass is 79.9. The maximum absolute atomic E-state index is 12.5. The van der Waals surface area contributed by atoms with Crippen LogP contribution in [0.25, 0.3) is 0 Å². The number of rotatable bonds is 10. The van der Waals surface area contributed by atoms with Crippen LogP contribution in [0.15, 0.2) is 123 Å². The smallest absolute Gasteiger partial charge is 0.338 e. The summed E-state index contributed by atoms with van der Waals surface area (Å²) in [7, 11) is 0. The molecule has 2 amide bonds. The second kappa shape index (κ2) is 41.4. The van der Waals surface area contributed by atoms with E-state index in [4.69, 9.17) is 119 Å². The molecule has 0 bridgehead atoms. The first kappa shape index (κ1) is 74.4. The van der Waals surface area contributed by atoms with Crippen molar-refractivity contribution in [2.24, 2.45) is 22.9 Å². The van der Waals surface area contributed by atoms with Crippen LogP contribution in [-0.4, -0.2) is 51.7 Å². The number of amides is 2. The van der Waals surface area contributed by atoms with Gasteiger partial charge in [0.1, 0.15) is 6.61 Å². The van der Waals surface area contributed by atoms with Gasteiger partial charge in [0, 0.05) is 98.8 Å². The molecule has 428 valence electrons. The van der Waals surface area contributed by atoms with Gasteiger partial charge in [-0.1, -0.05) is 147 Å². The summed E-state index contributed by atoms with van der Waals surface area (Å²) in [5.41, 5.74) is 26.5. The van der Waals surface area contributed by atoms with Gasteiger partial charge in [-0.3, -0.25) is 15.0 Å². The first-order chi connectivity index (χ1) is 37.0. The third-order valence-corrected chi connectivity index (χ3v) is 13.8. The Morgan fingerprint density at radius 2 is 1.05 bits per heavy atom. The van der Waals surface area contributed by atoms with Crippen LogP contribution in [0.4, 0.5) is 0 Å². The molecule has 0 atom stereocenters. The van der Waals surface area contributed by atoms with Crippen molar-refractivity contribution in [2.45, 2.75) is 51.4 Å². The van der Waals surface area contributed by atoms with Gasteiger partial charge in [0.2, 0.25) is 0 Å². The lowest BCUT2D eigenvalue weighted by molar-refractivity contribution is 0.0534. The number of hydrogen-bond donors (Lipinski definition) is 8. The molecule has 6 aromatic rings. The lowest BCUT2D eigenvalue weighted by Gasteiger charge is -2.11. The molecule has 2 aliphatic heterocycles. The summed E-state index contributed by atoms with van der Waals surface area (Å²) in [4.78, 5) is 35.6. The van der Waals surface area contributed by atoms with Crippen LogP contribution in [-0.2, 0) is 48.1 Å². The largest absolute Gasteiger partial charge is 0.457 e. The number of alkyl halides is 2. The Hall–Kier alpha value is -2.64. The maximum Gasteiger partial charge on any atom is 0.338 e. The molecule has 0 unspecified atom stereocenters. The van der Waals surface area contributed by atoms with E-state index in [0.717, 1.165) is 54.4 Å². The Morgan fingerprint density at radius 3 is 1.44 bits per heavy atom. The first-order valence-corrected chi connectivity index (χ1v) is 29.6. The number of aliphatic hydroxyl groups excluding tert-OH is 1. The van der Waals surface area contributed by atoms with Crippen LogP contribution >= 0.6 is 182 Å². The standard InChI is InChI=1S/C16H14BrCl2N3OS.C15H12BrCl2NO2.C8H5BrO2.C7H7Cl2N.C4H8O.CH2Cl2.CH4N2S.BrH/c17-11-2-4-13(10(5-11)8-24-16(20)21)15(23)22-7-9-1-3-12(18)6-14(9)19;16-11-2-4-13(10(5-11)8-20)15(21)19-7-9-1-3-12(17)6-14(9)18;9-6-1-2-7-5(3-6)4-11-8(7)10;8-6-2-1-5(4-10)7(9)3-6;1-2-4-5-3-1;2-1-3;2-1(3)4;/h1-6H,7-8H2,(H3,20,21)(H,22,23);1-6,20H,7-8H2,(H,19,21);1-3H,4H2;1-3H,4,10H2;1-4H2;1H2;(H4,2,3,4);1H. The van der Waals surface area contributed by atoms with E-state index in [9.17, 15) is 19.5 Å². The number of thioether (sulfide) groups is 1. The van der Waals surface area contributed by atoms with Gasteiger partial charge in [0.05, 0.1) is 17.5 Å².